The number of ketones is 1. The highest BCUT2D eigenvalue weighted by molar-refractivity contribution is 6.09. The lowest BCUT2D eigenvalue weighted by atomic mass is 9.76. The van der Waals surface area contributed by atoms with Crippen molar-refractivity contribution in [3.05, 3.63) is 161 Å². The van der Waals surface area contributed by atoms with Gasteiger partial charge in [0.1, 0.15) is 19.0 Å². The molecule has 0 bridgehead atoms. The van der Waals surface area contributed by atoms with Gasteiger partial charge >= 0.3 is 11.9 Å². The van der Waals surface area contributed by atoms with Crippen LogP contribution < -0.4 is 4.90 Å². The number of nitrogens with zero attached hydrogens (tertiary/aromatic N) is 1. The monoisotopic (exact) mass is 811 g/mol. The van der Waals surface area contributed by atoms with Crippen LogP contribution in [0, 0.1) is 29.5 Å². The molecule has 1 saturated heterocycles. The third-order valence-corrected chi connectivity index (χ3v) is 10.5. The van der Waals surface area contributed by atoms with Gasteiger partial charge in [0.2, 0.25) is 5.91 Å². The van der Waals surface area contributed by atoms with Crippen LogP contribution in [-0.4, -0.2) is 34.8 Å². The number of Topliss-reactive ketones (excluding diaryl/α,β-unsaturated/α-hetero) is 1. The molecule has 0 aliphatic carbocycles. The van der Waals surface area contributed by atoms with Crippen LogP contribution in [0.3, 0.4) is 0 Å². The summed E-state index contributed by atoms with van der Waals surface area (Å²) in [6.45, 7) is 3.95. The van der Waals surface area contributed by atoms with Gasteiger partial charge in [0.05, 0.1) is 18.1 Å². The molecule has 312 valence electrons. The van der Waals surface area contributed by atoms with Crippen molar-refractivity contribution in [2.75, 3.05) is 4.90 Å². The number of anilines is 1. The fourth-order valence-corrected chi connectivity index (χ4v) is 7.15. The van der Waals surface area contributed by atoms with Gasteiger partial charge in [-0.2, -0.15) is 0 Å². The quantitative estimate of drug-likeness (QED) is 0.0170. The number of amides is 1. The number of carbonyl (C=O) groups excluding carboxylic acids is 4. The molecule has 1 aliphatic heterocycles. The zero-order valence-electron chi connectivity index (χ0n) is 34.4. The Balaban J connectivity index is 1.25. The summed E-state index contributed by atoms with van der Waals surface area (Å²) in [6.07, 6.45) is 9.43. The maximum absolute atomic E-state index is 13.9. The van der Waals surface area contributed by atoms with E-state index in [0.717, 1.165) is 42.4 Å². The van der Waals surface area contributed by atoms with E-state index in [9.17, 15) is 28.7 Å². The number of benzene rings is 4. The molecule has 1 aliphatic rings. The van der Waals surface area contributed by atoms with E-state index in [0.29, 0.717) is 29.7 Å². The molecule has 1 fully saturated rings. The van der Waals surface area contributed by atoms with E-state index < -0.39 is 41.7 Å². The Labute approximate surface area is 353 Å². The van der Waals surface area contributed by atoms with Gasteiger partial charge in [-0.15, -0.1) is 0 Å². The van der Waals surface area contributed by atoms with Crippen molar-refractivity contribution < 1.29 is 38.1 Å². The standard InChI is InChI=1S/C51H54FNO7/c1-3-5-6-7-11-18-37-25-31-42(32-26-37)53-48(44(49(53)56)33-34-46(54)40-27-29-41(52)30-28-40)43(4-2)47(55)24-17-10-16-23-45(50(57)59-35-38-19-12-8-13-20-38)51(58)60-36-39-21-14-9-15-22-39/h4,8-10,12-16,19-22,25-32,44-46,48,54H,3,5-7,17,23-24,33-36H2,1-2H3/b16-10?,43-4+. The summed E-state index contributed by atoms with van der Waals surface area (Å²) >= 11 is 0. The van der Waals surface area contributed by atoms with Crippen molar-refractivity contribution in [2.24, 2.45) is 11.8 Å². The minimum Gasteiger partial charge on any atom is -0.460 e. The van der Waals surface area contributed by atoms with Crippen LogP contribution in [0.15, 0.2) is 133 Å². The van der Waals surface area contributed by atoms with Crippen molar-refractivity contribution in [3.63, 3.8) is 0 Å². The zero-order valence-corrected chi connectivity index (χ0v) is 34.4. The summed E-state index contributed by atoms with van der Waals surface area (Å²) < 4.78 is 24.6. The van der Waals surface area contributed by atoms with Crippen LogP contribution in [0.1, 0.15) is 100.0 Å². The lowest BCUT2D eigenvalue weighted by Crippen LogP contribution is -2.63. The smallest absolute Gasteiger partial charge is 0.320 e. The summed E-state index contributed by atoms with van der Waals surface area (Å²) in [6, 6.07) is 30.9. The van der Waals surface area contributed by atoms with E-state index in [1.807, 2.05) is 84.9 Å². The van der Waals surface area contributed by atoms with Crippen molar-refractivity contribution in [2.45, 2.75) is 97.0 Å². The highest BCUT2D eigenvalue weighted by Crippen LogP contribution is 2.41. The van der Waals surface area contributed by atoms with Crippen LogP contribution in [0.2, 0.25) is 0 Å². The molecule has 60 heavy (non-hydrogen) atoms. The molecule has 3 atom stereocenters. The van der Waals surface area contributed by atoms with E-state index in [1.54, 1.807) is 30.1 Å². The molecule has 1 amide bonds. The van der Waals surface area contributed by atoms with Gasteiger partial charge in [0.25, 0.3) is 0 Å². The van der Waals surface area contributed by atoms with Crippen molar-refractivity contribution in [3.8, 4) is 11.8 Å². The SMILES string of the molecule is C/C=C(\C(=O)CCC=CCC(C(=O)OCc1ccccc1)C(=O)OCc1ccccc1)C1C(CCC(O)c2ccc(F)cc2)C(=O)N1c1ccc(C#CCCCCC)cc1. The van der Waals surface area contributed by atoms with E-state index in [-0.39, 0.29) is 44.2 Å². The van der Waals surface area contributed by atoms with E-state index in [2.05, 4.69) is 18.8 Å². The fraction of sp³-hybridized carbons (Fsp3) is 0.333. The number of halogens is 1. The highest BCUT2D eigenvalue weighted by atomic mass is 19.1. The average Bonchev–Trinajstić information content (AvgIpc) is 3.27. The lowest BCUT2D eigenvalue weighted by molar-refractivity contribution is -0.163. The number of unbranched alkanes of at least 4 members (excludes halogenated alkanes) is 3. The first-order chi connectivity index (χ1) is 29.2. The van der Waals surface area contributed by atoms with Crippen LogP contribution in [-0.2, 0) is 41.9 Å². The minimum atomic E-state index is -1.20. The molecule has 0 spiro atoms. The van der Waals surface area contributed by atoms with Gasteiger partial charge in [-0.1, -0.05) is 123 Å². The second-order valence-electron chi connectivity index (χ2n) is 14.9. The third-order valence-electron chi connectivity index (χ3n) is 10.5. The number of esters is 2. The average molecular weight is 812 g/mol. The molecule has 4 aromatic carbocycles. The van der Waals surface area contributed by atoms with Crippen LogP contribution >= 0.6 is 0 Å². The molecule has 0 radical (unpaired) electrons. The summed E-state index contributed by atoms with van der Waals surface area (Å²) in [4.78, 5) is 55.8. The first kappa shape index (κ1) is 45.0. The van der Waals surface area contributed by atoms with Crippen molar-refractivity contribution >= 4 is 29.3 Å². The highest BCUT2D eigenvalue weighted by Gasteiger charge is 2.50. The predicted octanol–water partition coefficient (Wildman–Crippen LogP) is 9.95. The molecule has 1 heterocycles. The lowest BCUT2D eigenvalue weighted by Gasteiger charge is -2.48. The normalized spacial score (nSPS) is 15.6. The molecule has 0 saturated carbocycles. The number of carbonyl (C=O) groups is 4. The molecular weight excluding hydrogens is 758 g/mol. The maximum Gasteiger partial charge on any atom is 0.320 e. The predicted molar refractivity (Wildman–Crippen MR) is 231 cm³/mol. The summed E-state index contributed by atoms with van der Waals surface area (Å²) in [5.41, 5.74) is 4.09. The van der Waals surface area contributed by atoms with Crippen LogP contribution in [0.5, 0.6) is 0 Å². The topological polar surface area (TPSA) is 110 Å². The molecule has 9 heteroatoms. The van der Waals surface area contributed by atoms with E-state index >= 15 is 0 Å². The molecular formula is C51H54FNO7. The van der Waals surface area contributed by atoms with Gasteiger partial charge in [-0.3, -0.25) is 19.2 Å². The number of rotatable bonds is 21. The Bertz CT molecular complexity index is 2080. The number of hydrogen-bond acceptors (Lipinski definition) is 7. The van der Waals surface area contributed by atoms with Gasteiger partial charge < -0.3 is 19.5 Å². The number of aliphatic hydroxyl groups is 1. The second kappa shape index (κ2) is 23.5. The van der Waals surface area contributed by atoms with Crippen LogP contribution in [0.25, 0.3) is 0 Å². The first-order valence-electron chi connectivity index (χ1n) is 20.8. The van der Waals surface area contributed by atoms with Crippen molar-refractivity contribution in [1.29, 1.82) is 0 Å². The number of aliphatic hydroxyl groups excluding tert-OH is 1. The largest absolute Gasteiger partial charge is 0.460 e. The molecule has 1 N–H and O–H groups in total. The molecule has 0 aromatic heterocycles. The number of allylic oxidation sites excluding steroid dienone is 3. The fourth-order valence-electron chi connectivity index (χ4n) is 7.15. The second-order valence-corrected chi connectivity index (χ2v) is 14.9. The van der Waals surface area contributed by atoms with Gasteiger partial charge in [-0.25, -0.2) is 4.39 Å². The van der Waals surface area contributed by atoms with Crippen molar-refractivity contribution in [1.82, 2.24) is 0 Å². The number of ether oxygens (including phenoxy) is 2. The molecule has 4 aromatic rings. The summed E-state index contributed by atoms with van der Waals surface area (Å²) in [5, 5.41) is 10.9. The molecule has 5 rings (SSSR count). The number of hydrogen-bond donors (Lipinski definition) is 1. The third kappa shape index (κ3) is 12.9. The summed E-state index contributed by atoms with van der Waals surface area (Å²) in [7, 11) is 0. The Morgan fingerprint density at radius 2 is 1.45 bits per heavy atom. The Morgan fingerprint density at radius 1 is 0.833 bits per heavy atom. The van der Waals surface area contributed by atoms with Crippen LogP contribution in [0.4, 0.5) is 10.1 Å². The maximum atomic E-state index is 13.9. The van der Waals surface area contributed by atoms with Gasteiger partial charge in [0.15, 0.2) is 11.7 Å². The minimum absolute atomic E-state index is 0.0106. The van der Waals surface area contributed by atoms with Gasteiger partial charge in [-0.05, 0) is 92.1 Å². The first-order valence-corrected chi connectivity index (χ1v) is 20.8. The van der Waals surface area contributed by atoms with E-state index in [1.165, 1.54) is 24.3 Å². The van der Waals surface area contributed by atoms with E-state index in [4.69, 9.17) is 9.47 Å². The number of β-lactam (4-membered cyclic amide) rings is 1. The summed E-state index contributed by atoms with van der Waals surface area (Å²) in [5.74, 6) is 2.53. The zero-order chi connectivity index (χ0) is 42.7. The molecule has 8 nitrogen and oxygen atoms in total. The Morgan fingerprint density at radius 3 is 2.03 bits per heavy atom. The Hall–Kier alpha value is -6.11. The Kier molecular flexibility index (Phi) is 17.6. The molecule has 3 unspecified atom stereocenters. The van der Waals surface area contributed by atoms with Gasteiger partial charge in [0, 0.05) is 29.7 Å².